The standard InChI is InChI=1S/C14H18F2N2O2.ClH/c1-19-8-11-6-10-7-17-2-3-18(10)13-5-9(15)4-12(16)14(13)20-11;/h4-5,10-11,17H,2-3,6-8H2,1H3;1H/t10-,11+;/m1./s1. The average molecular weight is 321 g/mol. The van der Waals surface area contributed by atoms with Crippen molar-refractivity contribution in [3.05, 3.63) is 23.8 Å². The minimum atomic E-state index is -0.653. The van der Waals surface area contributed by atoms with Crippen LogP contribution in [0.3, 0.4) is 0 Å². The lowest BCUT2D eigenvalue weighted by Gasteiger charge is -2.37. The summed E-state index contributed by atoms with van der Waals surface area (Å²) >= 11 is 0. The predicted molar refractivity (Wildman–Crippen MR) is 78.5 cm³/mol. The minimum Gasteiger partial charge on any atom is -0.483 e. The normalized spacial score (nSPS) is 24.2. The first-order valence-corrected chi connectivity index (χ1v) is 6.81. The number of anilines is 1. The summed E-state index contributed by atoms with van der Waals surface area (Å²) in [6.07, 6.45) is 0.491. The van der Waals surface area contributed by atoms with Crippen LogP contribution in [0.2, 0.25) is 0 Å². The molecule has 0 amide bonds. The Morgan fingerprint density at radius 3 is 3.00 bits per heavy atom. The van der Waals surface area contributed by atoms with Gasteiger partial charge in [-0.15, -0.1) is 12.4 Å². The van der Waals surface area contributed by atoms with Gasteiger partial charge in [0, 0.05) is 51.3 Å². The molecule has 2 aliphatic rings. The van der Waals surface area contributed by atoms with Gasteiger partial charge in [0.2, 0.25) is 0 Å². The van der Waals surface area contributed by atoms with E-state index in [2.05, 4.69) is 5.32 Å². The number of hydrogen-bond donors (Lipinski definition) is 1. The molecule has 0 aromatic heterocycles. The molecular formula is C14H19ClF2N2O2. The number of ether oxygens (including phenoxy) is 2. The van der Waals surface area contributed by atoms with Crippen molar-refractivity contribution in [2.75, 3.05) is 38.3 Å². The van der Waals surface area contributed by atoms with Crippen LogP contribution in [0.1, 0.15) is 6.42 Å². The second-order valence-electron chi connectivity index (χ2n) is 5.22. The quantitative estimate of drug-likeness (QED) is 0.903. The Kier molecular flexibility index (Phi) is 5.24. The molecule has 2 aliphatic heterocycles. The van der Waals surface area contributed by atoms with Gasteiger partial charge < -0.3 is 19.7 Å². The van der Waals surface area contributed by atoms with E-state index in [0.717, 1.165) is 25.6 Å². The summed E-state index contributed by atoms with van der Waals surface area (Å²) in [6.45, 7) is 2.67. The van der Waals surface area contributed by atoms with E-state index in [9.17, 15) is 8.78 Å². The topological polar surface area (TPSA) is 33.7 Å². The average Bonchev–Trinajstić information content (AvgIpc) is 2.57. The molecule has 0 unspecified atom stereocenters. The fraction of sp³-hybridized carbons (Fsp3) is 0.571. The molecule has 1 aromatic rings. The van der Waals surface area contributed by atoms with Gasteiger partial charge in [-0.1, -0.05) is 0 Å². The van der Waals surface area contributed by atoms with Gasteiger partial charge in [-0.3, -0.25) is 0 Å². The summed E-state index contributed by atoms with van der Waals surface area (Å²) in [4.78, 5) is 2.04. The van der Waals surface area contributed by atoms with Crippen LogP contribution in [0.5, 0.6) is 5.75 Å². The van der Waals surface area contributed by atoms with E-state index < -0.39 is 11.6 Å². The predicted octanol–water partition coefficient (Wildman–Crippen LogP) is 1.96. The summed E-state index contributed by atoms with van der Waals surface area (Å²) in [5.74, 6) is -1.09. The van der Waals surface area contributed by atoms with Crippen molar-refractivity contribution in [3.63, 3.8) is 0 Å². The first kappa shape index (κ1) is 16.3. The van der Waals surface area contributed by atoms with E-state index in [0.29, 0.717) is 18.8 Å². The molecule has 0 saturated carbocycles. The van der Waals surface area contributed by atoms with E-state index in [-0.39, 0.29) is 30.3 Å². The van der Waals surface area contributed by atoms with Gasteiger partial charge in [0.1, 0.15) is 11.9 Å². The Balaban J connectivity index is 0.00000161. The van der Waals surface area contributed by atoms with Crippen LogP contribution in [0.4, 0.5) is 14.5 Å². The van der Waals surface area contributed by atoms with Crippen LogP contribution >= 0.6 is 12.4 Å². The lowest BCUT2D eigenvalue weighted by Crippen LogP contribution is -2.52. The lowest BCUT2D eigenvalue weighted by atomic mass is 10.1. The van der Waals surface area contributed by atoms with Gasteiger partial charge in [-0.25, -0.2) is 8.78 Å². The molecule has 2 heterocycles. The summed E-state index contributed by atoms with van der Waals surface area (Å²) in [7, 11) is 1.59. The van der Waals surface area contributed by atoms with Crippen molar-refractivity contribution in [2.24, 2.45) is 0 Å². The van der Waals surface area contributed by atoms with Gasteiger partial charge in [0.15, 0.2) is 11.6 Å². The van der Waals surface area contributed by atoms with Gasteiger partial charge in [0.25, 0.3) is 0 Å². The van der Waals surface area contributed by atoms with Crippen molar-refractivity contribution >= 4 is 18.1 Å². The molecule has 4 nitrogen and oxygen atoms in total. The Hall–Kier alpha value is -1.11. The third-order valence-corrected chi connectivity index (χ3v) is 3.82. The highest BCUT2D eigenvalue weighted by Crippen LogP contribution is 2.38. The van der Waals surface area contributed by atoms with Gasteiger partial charge in [-0.2, -0.15) is 0 Å². The summed E-state index contributed by atoms with van der Waals surface area (Å²) in [5, 5.41) is 3.31. The zero-order valence-corrected chi connectivity index (χ0v) is 12.6. The van der Waals surface area contributed by atoms with Crippen molar-refractivity contribution in [1.29, 1.82) is 0 Å². The zero-order valence-electron chi connectivity index (χ0n) is 11.8. The zero-order chi connectivity index (χ0) is 14.1. The Bertz CT molecular complexity index is 504. The third kappa shape index (κ3) is 3.22. The Morgan fingerprint density at radius 2 is 2.24 bits per heavy atom. The lowest BCUT2D eigenvalue weighted by molar-refractivity contribution is 0.0720. The molecule has 7 heteroatoms. The highest BCUT2D eigenvalue weighted by atomic mass is 35.5. The molecule has 1 N–H and O–H groups in total. The molecule has 2 atom stereocenters. The fourth-order valence-corrected chi connectivity index (χ4v) is 2.97. The number of nitrogens with zero attached hydrogens (tertiary/aromatic N) is 1. The molecule has 3 rings (SSSR count). The molecule has 1 aromatic carbocycles. The van der Waals surface area contributed by atoms with Crippen LogP contribution in [0, 0.1) is 11.6 Å². The van der Waals surface area contributed by atoms with E-state index in [1.54, 1.807) is 7.11 Å². The minimum absolute atomic E-state index is 0. The van der Waals surface area contributed by atoms with Crippen molar-refractivity contribution < 1.29 is 18.3 Å². The molecule has 0 radical (unpaired) electrons. The summed E-state index contributed by atoms with van der Waals surface area (Å²) in [5.41, 5.74) is 0.507. The molecule has 21 heavy (non-hydrogen) atoms. The molecule has 0 bridgehead atoms. The number of nitrogens with one attached hydrogen (secondary N) is 1. The smallest absolute Gasteiger partial charge is 0.178 e. The third-order valence-electron chi connectivity index (χ3n) is 3.82. The molecule has 118 valence electrons. The molecular weight excluding hydrogens is 302 g/mol. The van der Waals surface area contributed by atoms with Crippen LogP contribution in [0.25, 0.3) is 0 Å². The van der Waals surface area contributed by atoms with Crippen molar-refractivity contribution in [1.82, 2.24) is 5.32 Å². The first-order chi connectivity index (χ1) is 9.69. The summed E-state index contributed by atoms with van der Waals surface area (Å²) in [6, 6.07) is 2.38. The van der Waals surface area contributed by atoms with E-state index in [1.807, 2.05) is 4.90 Å². The number of halogens is 3. The molecule has 1 saturated heterocycles. The molecule has 0 spiro atoms. The van der Waals surface area contributed by atoms with Gasteiger partial charge in [0.05, 0.1) is 12.3 Å². The second-order valence-corrected chi connectivity index (χ2v) is 5.22. The summed E-state index contributed by atoms with van der Waals surface area (Å²) < 4.78 is 38.4. The van der Waals surface area contributed by atoms with E-state index in [1.165, 1.54) is 6.07 Å². The first-order valence-electron chi connectivity index (χ1n) is 6.81. The maximum Gasteiger partial charge on any atom is 0.178 e. The number of piperazine rings is 1. The highest BCUT2D eigenvalue weighted by molar-refractivity contribution is 5.85. The highest BCUT2D eigenvalue weighted by Gasteiger charge is 2.33. The Labute approximate surface area is 128 Å². The van der Waals surface area contributed by atoms with Crippen LogP contribution in [-0.4, -0.2) is 45.5 Å². The second kappa shape index (κ2) is 6.77. The number of hydrogen-bond acceptors (Lipinski definition) is 4. The number of fused-ring (bicyclic) bond motifs is 3. The van der Waals surface area contributed by atoms with Gasteiger partial charge in [-0.05, 0) is 0 Å². The maximum absolute atomic E-state index is 14.0. The number of methoxy groups -OCH3 is 1. The van der Waals surface area contributed by atoms with E-state index in [4.69, 9.17) is 9.47 Å². The van der Waals surface area contributed by atoms with Gasteiger partial charge >= 0.3 is 0 Å². The molecule has 1 fully saturated rings. The van der Waals surface area contributed by atoms with Crippen LogP contribution in [-0.2, 0) is 4.74 Å². The largest absolute Gasteiger partial charge is 0.483 e. The maximum atomic E-state index is 14.0. The van der Waals surface area contributed by atoms with E-state index >= 15 is 0 Å². The monoisotopic (exact) mass is 320 g/mol. The SMILES string of the molecule is COC[C@@H]1C[C@@H]2CNCCN2c2cc(F)cc(F)c2O1.Cl. The number of benzene rings is 1. The number of rotatable bonds is 2. The van der Waals surface area contributed by atoms with Crippen molar-refractivity contribution in [2.45, 2.75) is 18.6 Å². The molecule has 0 aliphatic carbocycles. The van der Waals surface area contributed by atoms with Crippen molar-refractivity contribution in [3.8, 4) is 5.75 Å². The fourth-order valence-electron chi connectivity index (χ4n) is 2.97. The van der Waals surface area contributed by atoms with Crippen LogP contribution < -0.4 is 15.0 Å². The Morgan fingerprint density at radius 1 is 1.43 bits per heavy atom. The van der Waals surface area contributed by atoms with Crippen LogP contribution in [0.15, 0.2) is 12.1 Å².